The number of methoxy groups -OCH3 is 1. The van der Waals surface area contributed by atoms with E-state index in [4.69, 9.17) is 10.00 Å². The van der Waals surface area contributed by atoms with E-state index in [2.05, 4.69) is 22.4 Å². The van der Waals surface area contributed by atoms with E-state index >= 15 is 0 Å². The second-order valence-electron chi connectivity index (χ2n) is 3.83. The Balaban J connectivity index is 1.80. The number of ether oxygens (including phenoxy) is 1. The van der Waals surface area contributed by atoms with E-state index in [1.54, 1.807) is 7.11 Å². The molecule has 3 nitrogen and oxygen atoms in total. The molecule has 1 aromatic carbocycles. The Bertz CT molecular complexity index is 385. The minimum absolute atomic E-state index is 0.590. The number of hydrogen-bond donors (Lipinski definition) is 0. The van der Waals surface area contributed by atoms with Gasteiger partial charge in [-0.05, 0) is 29.5 Å². The fraction of sp³-hybridized carbons (Fsp3) is 0.417. The van der Waals surface area contributed by atoms with E-state index in [0.29, 0.717) is 6.04 Å². The van der Waals surface area contributed by atoms with E-state index < -0.39 is 0 Å². The summed E-state index contributed by atoms with van der Waals surface area (Å²) in [5.74, 6) is 1.82. The van der Waals surface area contributed by atoms with Crippen LogP contribution in [-0.4, -0.2) is 30.3 Å². The third-order valence-electron chi connectivity index (χ3n) is 2.71. The molecule has 84 valence electrons. The molecule has 2 atom stereocenters. The van der Waals surface area contributed by atoms with Crippen molar-refractivity contribution in [3.8, 4) is 11.2 Å². The normalized spacial score (nSPS) is 22.5. The number of nitriles is 1. The Morgan fingerprint density at radius 1 is 1.50 bits per heavy atom. The minimum Gasteiger partial charge on any atom is -0.497 e. The lowest BCUT2D eigenvalue weighted by Gasteiger charge is -2.04. The van der Waals surface area contributed by atoms with Crippen LogP contribution in [-0.2, 0) is 6.54 Å². The van der Waals surface area contributed by atoms with Crippen molar-refractivity contribution in [3.63, 3.8) is 0 Å². The van der Waals surface area contributed by atoms with Crippen molar-refractivity contribution >= 4 is 11.8 Å². The Morgan fingerprint density at radius 3 is 2.88 bits per heavy atom. The molecule has 16 heavy (non-hydrogen) atoms. The van der Waals surface area contributed by atoms with Gasteiger partial charge in [0.2, 0.25) is 0 Å². The van der Waals surface area contributed by atoms with Gasteiger partial charge in [0.1, 0.15) is 11.2 Å². The lowest BCUT2D eigenvalue weighted by molar-refractivity contribution is 0.414. The molecular weight excluding hydrogens is 220 g/mol. The molecule has 0 saturated carbocycles. The lowest BCUT2D eigenvalue weighted by Crippen LogP contribution is -2.03. The van der Waals surface area contributed by atoms with Crippen LogP contribution in [0.1, 0.15) is 5.56 Å². The van der Waals surface area contributed by atoms with Crippen LogP contribution in [0, 0.1) is 10.7 Å². The maximum absolute atomic E-state index is 8.46. The number of hydrogen-bond acceptors (Lipinski definition) is 4. The molecule has 1 aliphatic heterocycles. The first-order valence-electron chi connectivity index (χ1n) is 5.21. The average molecular weight is 234 g/mol. The standard InChI is InChI=1S/C12H14N2OS/c1-15-12-4-2-10(3-5-12)6-14-7-11(14)8-16-9-13/h2-5,11H,6-8H2,1H3. The zero-order valence-corrected chi connectivity index (χ0v) is 10.0. The number of benzene rings is 1. The van der Waals surface area contributed by atoms with Gasteiger partial charge in [0.05, 0.1) is 7.11 Å². The van der Waals surface area contributed by atoms with Crippen LogP contribution in [0.5, 0.6) is 5.75 Å². The fourth-order valence-electron chi connectivity index (χ4n) is 1.67. The fourth-order valence-corrected chi connectivity index (χ4v) is 2.26. The van der Waals surface area contributed by atoms with E-state index in [1.165, 1.54) is 17.3 Å². The quantitative estimate of drug-likeness (QED) is 0.577. The predicted molar refractivity (Wildman–Crippen MR) is 65.3 cm³/mol. The van der Waals surface area contributed by atoms with Gasteiger partial charge in [0, 0.05) is 24.9 Å². The van der Waals surface area contributed by atoms with Crippen LogP contribution in [0.2, 0.25) is 0 Å². The molecule has 0 radical (unpaired) electrons. The van der Waals surface area contributed by atoms with Crippen molar-refractivity contribution in [1.82, 2.24) is 4.90 Å². The molecule has 1 saturated heterocycles. The Hall–Kier alpha value is -1.18. The topological polar surface area (TPSA) is 36.0 Å². The highest BCUT2D eigenvalue weighted by atomic mass is 32.2. The van der Waals surface area contributed by atoms with E-state index in [1.807, 2.05) is 12.1 Å². The van der Waals surface area contributed by atoms with Crippen molar-refractivity contribution in [1.29, 1.82) is 5.26 Å². The average Bonchev–Trinajstić information content (AvgIpc) is 3.06. The molecular formula is C12H14N2OS. The van der Waals surface area contributed by atoms with Crippen LogP contribution in [0.15, 0.2) is 24.3 Å². The van der Waals surface area contributed by atoms with Crippen molar-refractivity contribution in [2.75, 3.05) is 19.4 Å². The molecule has 2 unspecified atom stereocenters. The molecule has 1 heterocycles. The minimum atomic E-state index is 0.590. The molecule has 0 amide bonds. The lowest BCUT2D eigenvalue weighted by atomic mass is 10.2. The van der Waals surface area contributed by atoms with Gasteiger partial charge in [-0.1, -0.05) is 12.1 Å². The zero-order valence-electron chi connectivity index (χ0n) is 9.22. The Kier molecular flexibility index (Phi) is 3.70. The number of thioether (sulfide) groups is 1. The van der Waals surface area contributed by atoms with Gasteiger partial charge in [-0.3, -0.25) is 4.90 Å². The first-order valence-corrected chi connectivity index (χ1v) is 6.20. The monoisotopic (exact) mass is 234 g/mol. The van der Waals surface area contributed by atoms with Gasteiger partial charge >= 0.3 is 0 Å². The number of nitrogens with zero attached hydrogens (tertiary/aromatic N) is 2. The third kappa shape index (κ3) is 2.91. The van der Waals surface area contributed by atoms with Crippen LogP contribution in [0.4, 0.5) is 0 Å². The zero-order chi connectivity index (χ0) is 11.4. The first-order chi connectivity index (χ1) is 7.83. The maximum atomic E-state index is 8.46. The van der Waals surface area contributed by atoms with Gasteiger partial charge in [-0.25, -0.2) is 0 Å². The molecule has 1 fully saturated rings. The summed E-state index contributed by atoms with van der Waals surface area (Å²) in [7, 11) is 1.68. The van der Waals surface area contributed by atoms with Gasteiger partial charge in [-0.15, -0.1) is 0 Å². The van der Waals surface area contributed by atoms with E-state index in [-0.39, 0.29) is 0 Å². The SMILES string of the molecule is COc1ccc(CN2CC2CSC#N)cc1. The molecule has 1 aliphatic rings. The summed E-state index contributed by atoms with van der Waals surface area (Å²) >= 11 is 1.34. The van der Waals surface area contributed by atoms with Gasteiger partial charge in [0.25, 0.3) is 0 Å². The molecule has 1 aromatic rings. The highest BCUT2D eigenvalue weighted by Crippen LogP contribution is 2.24. The highest BCUT2D eigenvalue weighted by Gasteiger charge is 2.33. The largest absolute Gasteiger partial charge is 0.497 e. The molecule has 0 spiro atoms. The van der Waals surface area contributed by atoms with Crippen LogP contribution in [0.3, 0.4) is 0 Å². The van der Waals surface area contributed by atoms with Crippen LogP contribution >= 0.6 is 11.8 Å². The van der Waals surface area contributed by atoms with Gasteiger partial charge < -0.3 is 4.74 Å². The van der Waals surface area contributed by atoms with Crippen molar-refractivity contribution in [2.24, 2.45) is 0 Å². The number of thiocyanates is 1. The third-order valence-corrected chi connectivity index (χ3v) is 3.39. The molecule has 0 bridgehead atoms. The van der Waals surface area contributed by atoms with Crippen LogP contribution < -0.4 is 4.74 Å². The summed E-state index contributed by atoms with van der Waals surface area (Å²) in [6, 6.07) is 8.74. The molecule has 2 rings (SSSR count). The van der Waals surface area contributed by atoms with Crippen molar-refractivity contribution < 1.29 is 4.74 Å². The Labute approximate surface area is 100 Å². The number of rotatable bonds is 5. The molecule has 0 aromatic heterocycles. The Morgan fingerprint density at radius 2 is 2.25 bits per heavy atom. The second kappa shape index (κ2) is 5.24. The molecule has 0 N–H and O–H groups in total. The van der Waals surface area contributed by atoms with Crippen molar-refractivity contribution in [2.45, 2.75) is 12.6 Å². The second-order valence-corrected chi connectivity index (χ2v) is 4.64. The van der Waals surface area contributed by atoms with Crippen molar-refractivity contribution in [3.05, 3.63) is 29.8 Å². The summed E-state index contributed by atoms with van der Waals surface area (Å²) in [4.78, 5) is 2.37. The first kappa shape index (κ1) is 11.3. The maximum Gasteiger partial charge on any atom is 0.133 e. The summed E-state index contributed by atoms with van der Waals surface area (Å²) < 4.78 is 5.11. The summed E-state index contributed by atoms with van der Waals surface area (Å²) in [5.41, 5.74) is 1.30. The van der Waals surface area contributed by atoms with E-state index in [0.717, 1.165) is 24.6 Å². The molecule has 0 aliphatic carbocycles. The summed E-state index contributed by atoms with van der Waals surface area (Å²) in [6.45, 7) is 2.08. The van der Waals surface area contributed by atoms with Gasteiger partial charge in [-0.2, -0.15) is 5.26 Å². The summed E-state index contributed by atoms with van der Waals surface area (Å²) in [6.07, 6.45) is 0. The molecule has 4 heteroatoms. The summed E-state index contributed by atoms with van der Waals surface area (Å²) in [5, 5.41) is 10.6. The predicted octanol–water partition coefficient (Wildman–Crippen LogP) is 2.09. The van der Waals surface area contributed by atoms with Gasteiger partial charge in [0.15, 0.2) is 0 Å². The van der Waals surface area contributed by atoms with E-state index in [9.17, 15) is 0 Å². The highest BCUT2D eigenvalue weighted by molar-refractivity contribution is 8.03. The van der Waals surface area contributed by atoms with Crippen LogP contribution in [0.25, 0.3) is 0 Å². The smallest absolute Gasteiger partial charge is 0.133 e.